The molecule has 4 aromatic carbocycles. The van der Waals surface area contributed by atoms with Gasteiger partial charge in [-0.25, -0.2) is 4.98 Å². The second kappa shape index (κ2) is 11.0. The highest BCUT2D eigenvalue weighted by Crippen LogP contribution is 2.36. The summed E-state index contributed by atoms with van der Waals surface area (Å²) in [5.74, 6) is 0.643. The first-order valence-corrected chi connectivity index (χ1v) is 13.0. The van der Waals surface area contributed by atoms with Crippen LogP contribution in [0.15, 0.2) is 115 Å². The number of nitriles is 2. The van der Waals surface area contributed by atoms with Crippen LogP contribution in [-0.2, 0) is 0 Å². The molecular formula is C35H24N4O. The molecule has 190 valence electrons. The van der Waals surface area contributed by atoms with E-state index in [9.17, 15) is 5.26 Å². The summed E-state index contributed by atoms with van der Waals surface area (Å²) < 4.78 is 7.98. The monoisotopic (exact) mass is 516 g/mol. The Balaban J connectivity index is 1.45. The van der Waals surface area contributed by atoms with Gasteiger partial charge in [-0.15, -0.1) is 0 Å². The number of pyridine rings is 1. The van der Waals surface area contributed by atoms with E-state index in [-0.39, 0.29) is 12.6 Å². The van der Waals surface area contributed by atoms with Crippen LogP contribution in [0.25, 0.3) is 34.0 Å². The van der Waals surface area contributed by atoms with Gasteiger partial charge in [0.15, 0.2) is 6.61 Å². The molecule has 5 heteroatoms. The minimum atomic E-state index is -0.232. The topological polar surface area (TPSA) is 74.6 Å². The summed E-state index contributed by atoms with van der Waals surface area (Å²) >= 11 is 0. The van der Waals surface area contributed by atoms with Crippen molar-refractivity contribution in [2.45, 2.75) is 6.04 Å². The lowest BCUT2D eigenvalue weighted by molar-refractivity contribution is 0.370. The molecule has 0 N–H and O–H groups in total. The van der Waals surface area contributed by atoms with Crippen molar-refractivity contribution in [3.05, 3.63) is 143 Å². The molecule has 0 aliphatic carbocycles. The van der Waals surface area contributed by atoms with E-state index in [0.717, 1.165) is 44.2 Å². The van der Waals surface area contributed by atoms with E-state index < -0.39 is 0 Å². The molecule has 0 radical (unpaired) electrons. The van der Waals surface area contributed by atoms with Gasteiger partial charge in [-0.1, -0.05) is 72.8 Å². The molecule has 1 unspecified atom stereocenters. The Morgan fingerprint density at radius 1 is 0.775 bits per heavy atom. The van der Waals surface area contributed by atoms with Crippen molar-refractivity contribution in [1.82, 2.24) is 9.55 Å². The average Bonchev–Trinajstić information content (AvgIpc) is 3.44. The zero-order valence-corrected chi connectivity index (χ0v) is 21.6. The molecule has 0 amide bonds. The molecule has 40 heavy (non-hydrogen) atoms. The molecule has 0 saturated carbocycles. The van der Waals surface area contributed by atoms with Crippen molar-refractivity contribution < 1.29 is 4.74 Å². The molecule has 0 aliphatic rings. The molecule has 6 aromatic rings. The Hall–Kier alpha value is -5.65. The quantitative estimate of drug-likeness (QED) is 0.217. The number of benzene rings is 4. The maximum Gasteiger partial charge on any atom is 0.174 e. The van der Waals surface area contributed by atoms with Crippen LogP contribution < -0.4 is 4.74 Å². The van der Waals surface area contributed by atoms with Crippen LogP contribution in [0.2, 0.25) is 0 Å². The molecule has 0 aliphatic heterocycles. The number of fused-ring (bicyclic) bond motifs is 2. The Bertz CT molecular complexity index is 1950. The van der Waals surface area contributed by atoms with Crippen LogP contribution in [0.4, 0.5) is 0 Å². The van der Waals surface area contributed by atoms with Crippen molar-refractivity contribution in [3.63, 3.8) is 0 Å². The van der Waals surface area contributed by atoms with Crippen molar-refractivity contribution >= 4 is 34.0 Å². The zero-order valence-electron chi connectivity index (χ0n) is 21.6. The van der Waals surface area contributed by atoms with E-state index in [1.54, 1.807) is 0 Å². The molecule has 0 saturated heterocycles. The largest absolute Gasteiger partial charge is 0.477 e. The van der Waals surface area contributed by atoms with Gasteiger partial charge in [0.2, 0.25) is 0 Å². The van der Waals surface area contributed by atoms with E-state index >= 15 is 0 Å². The van der Waals surface area contributed by atoms with E-state index in [2.05, 4.69) is 53.1 Å². The number of aromatic nitrogens is 2. The second-order valence-electron chi connectivity index (χ2n) is 9.44. The third-order valence-electron chi connectivity index (χ3n) is 6.90. The van der Waals surface area contributed by atoms with Gasteiger partial charge in [-0.2, -0.15) is 10.5 Å². The van der Waals surface area contributed by atoms with Gasteiger partial charge in [0, 0.05) is 17.0 Å². The molecule has 0 spiro atoms. The summed E-state index contributed by atoms with van der Waals surface area (Å²) in [7, 11) is 0. The van der Waals surface area contributed by atoms with Crippen molar-refractivity contribution in [3.8, 4) is 17.9 Å². The van der Waals surface area contributed by atoms with Crippen LogP contribution in [-0.4, -0.2) is 16.2 Å². The lowest BCUT2D eigenvalue weighted by Gasteiger charge is -2.23. The van der Waals surface area contributed by atoms with E-state index in [0.29, 0.717) is 11.3 Å². The molecule has 5 nitrogen and oxygen atoms in total. The standard InChI is InChI=1S/C35H24N4O/c36-19-21-40-33-13-5-9-28-18-20-39(35(28)33)34(30-11-4-7-26(23-30)24-37)29-10-3-6-25(22-29)14-16-31-17-15-27-8-1-2-12-32(27)38-31/h1-18,20,22-23,34H,21H2/b16-14+. The number of nitrogens with zero attached hydrogens (tertiary/aromatic N) is 4. The van der Waals surface area contributed by atoms with Crippen molar-refractivity contribution in [2.75, 3.05) is 6.61 Å². The Labute approximate surface area is 232 Å². The summed E-state index contributed by atoms with van der Waals surface area (Å²) in [4.78, 5) is 4.77. The Morgan fingerprint density at radius 2 is 1.57 bits per heavy atom. The maximum atomic E-state index is 9.62. The first kappa shape index (κ1) is 24.7. The Morgan fingerprint density at radius 3 is 2.45 bits per heavy atom. The molecular weight excluding hydrogens is 492 g/mol. The van der Waals surface area contributed by atoms with Crippen LogP contribution in [0, 0.1) is 22.7 Å². The van der Waals surface area contributed by atoms with Crippen LogP contribution >= 0.6 is 0 Å². The molecule has 2 heterocycles. The minimum absolute atomic E-state index is 0.0397. The SMILES string of the molecule is N#CCOc1cccc2ccn(C(c3cccc(C#N)c3)c3cccc(/C=C/c4ccc5ccccc5n4)c3)c12. The predicted molar refractivity (Wildman–Crippen MR) is 159 cm³/mol. The number of ether oxygens (including phenoxy) is 1. The maximum absolute atomic E-state index is 9.62. The van der Waals surface area contributed by atoms with E-state index in [1.165, 1.54) is 0 Å². The smallest absolute Gasteiger partial charge is 0.174 e. The fourth-order valence-corrected chi connectivity index (χ4v) is 5.11. The highest BCUT2D eigenvalue weighted by atomic mass is 16.5. The molecule has 0 fully saturated rings. The van der Waals surface area contributed by atoms with Gasteiger partial charge in [-0.3, -0.25) is 0 Å². The summed E-state index contributed by atoms with van der Waals surface area (Å²) in [5, 5.41) is 20.9. The summed E-state index contributed by atoms with van der Waals surface area (Å²) in [6.45, 7) is -0.0397. The highest BCUT2D eigenvalue weighted by Gasteiger charge is 2.21. The van der Waals surface area contributed by atoms with Crippen molar-refractivity contribution in [2.24, 2.45) is 0 Å². The lowest BCUT2D eigenvalue weighted by Crippen LogP contribution is -2.12. The fourth-order valence-electron chi connectivity index (χ4n) is 5.11. The third kappa shape index (κ3) is 4.92. The van der Waals surface area contributed by atoms with Crippen LogP contribution in [0.5, 0.6) is 5.75 Å². The van der Waals surface area contributed by atoms with Crippen LogP contribution in [0.1, 0.15) is 34.0 Å². The third-order valence-corrected chi connectivity index (χ3v) is 6.90. The Kier molecular flexibility index (Phi) is 6.78. The van der Waals surface area contributed by atoms with E-state index in [1.807, 2.05) is 91.1 Å². The minimum Gasteiger partial charge on any atom is -0.477 e. The van der Waals surface area contributed by atoms with E-state index in [4.69, 9.17) is 15.0 Å². The van der Waals surface area contributed by atoms with Gasteiger partial charge in [-0.05, 0) is 65.2 Å². The normalized spacial score (nSPS) is 11.8. The van der Waals surface area contributed by atoms with Gasteiger partial charge in [0.25, 0.3) is 0 Å². The predicted octanol–water partition coefficient (Wildman–Crippen LogP) is 7.77. The molecule has 2 aromatic heterocycles. The van der Waals surface area contributed by atoms with Gasteiger partial charge < -0.3 is 9.30 Å². The molecule has 1 atom stereocenters. The first-order valence-electron chi connectivity index (χ1n) is 13.0. The highest BCUT2D eigenvalue weighted by molar-refractivity contribution is 5.86. The number of hydrogen-bond acceptors (Lipinski definition) is 4. The summed E-state index contributed by atoms with van der Waals surface area (Å²) in [6, 6.07) is 40.2. The van der Waals surface area contributed by atoms with Gasteiger partial charge in [0.1, 0.15) is 11.8 Å². The van der Waals surface area contributed by atoms with Crippen LogP contribution in [0.3, 0.4) is 0 Å². The summed E-state index contributed by atoms with van der Waals surface area (Å²) in [5.41, 5.74) is 6.40. The first-order chi connectivity index (χ1) is 19.7. The number of para-hydroxylation sites is 2. The average molecular weight is 517 g/mol. The second-order valence-corrected chi connectivity index (χ2v) is 9.44. The lowest BCUT2D eigenvalue weighted by atomic mass is 9.95. The number of hydrogen-bond donors (Lipinski definition) is 0. The molecule has 0 bridgehead atoms. The molecule has 6 rings (SSSR count). The van der Waals surface area contributed by atoms with Gasteiger partial charge >= 0.3 is 0 Å². The number of rotatable bonds is 7. The zero-order chi connectivity index (χ0) is 27.3. The van der Waals surface area contributed by atoms with Gasteiger partial charge in [0.05, 0.1) is 34.4 Å². The van der Waals surface area contributed by atoms with Crippen molar-refractivity contribution in [1.29, 1.82) is 10.5 Å². The summed E-state index contributed by atoms with van der Waals surface area (Å²) in [6.07, 6.45) is 6.13. The fraction of sp³-hybridized carbons (Fsp3) is 0.0571.